The topological polar surface area (TPSA) is 61.9 Å². The molecule has 0 aliphatic heterocycles. The Balaban J connectivity index is 2.03. The van der Waals surface area contributed by atoms with Crippen LogP contribution in [-0.4, -0.2) is 11.5 Å². The van der Waals surface area contributed by atoms with Crippen LogP contribution in [0.5, 0.6) is 0 Å². The Morgan fingerprint density at radius 2 is 2.10 bits per heavy atom. The van der Waals surface area contributed by atoms with Gasteiger partial charge in [-0.3, -0.25) is 0 Å². The zero-order valence-corrected chi connectivity index (χ0v) is 11.8. The van der Waals surface area contributed by atoms with E-state index in [2.05, 4.69) is 23.3 Å². The molecule has 0 fully saturated rings. The highest BCUT2D eigenvalue weighted by atomic mass is 16.3. The molecule has 21 heavy (non-hydrogen) atoms. The molecule has 0 bridgehead atoms. The molecule has 1 N–H and O–H groups in total. The predicted molar refractivity (Wildman–Crippen MR) is 82.9 cm³/mol. The Hall–Kier alpha value is -2.80. The van der Waals surface area contributed by atoms with E-state index in [1.807, 2.05) is 36.4 Å². The summed E-state index contributed by atoms with van der Waals surface area (Å²) in [5.74, 6) is 1.32. The summed E-state index contributed by atoms with van der Waals surface area (Å²) < 4.78 is 5.81. The van der Waals surface area contributed by atoms with Crippen LogP contribution in [0.2, 0.25) is 0 Å². The van der Waals surface area contributed by atoms with Gasteiger partial charge in [-0.2, -0.15) is 5.26 Å². The molecule has 104 valence electrons. The van der Waals surface area contributed by atoms with Gasteiger partial charge in [0.25, 0.3) is 0 Å². The van der Waals surface area contributed by atoms with Crippen molar-refractivity contribution in [3.63, 3.8) is 0 Å². The van der Waals surface area contributed by atoms with Crippen LogP contribution >= 0.6 is 0 Å². The summed E-state index contributed by atoms with van der Waals surface area (Å²) in [5.41, 5.74) is 2.11. The van der Waals surface area contributed by atoms with Crippen molar-refractivity contribution < 1.29 is 4.42 Å². The zero-order chi connectivity index (χ0) is 14.7. The van der Waals surface area contributed by atoms with Gasteiger partial charge in [0, 0.05) is 11.9 Å². The monoisotopic (exact) mass is 277 g/mol. The maximum Gasteiger partial charge on any atom is 0.153 e. The molecule has 4 nitrogen and oxygen atoms in total. The van der Waals surface area contributed by atoms with Crippen LogP contribution in [0.1, 0.15) is 18.9 Å². The van der Waals surface area contributed by atoms with Crippen molar-refractivity contribution in [2.45, 2.75) is 13.3 Å². The van der Waals surface area contributed by atoms with E-state index in [1.165, 1.54) is 0 Å². The lowest BCUT2D eigenvalue weighted by Gasteiger charge is -2.07. The molecule has 0 amide bonds. The Labute approximate surface area is 123 Å². The van der Waals surface area contributed by atoms with E-state index in [9.17, 15) is 0 Å². The van der Waals surface area contributed by atoms with E-state index < -0.39 is 0 Å². The Bertz CT molecular complexity index is 781. The van der Waals surface area contributed by atoms with Crippen LogP contribution in [0.25, 0.3) is 22.4 Å². The van der Waals surface area contributed by atoms with Crippen molar-refractivity contribution in [3.05, 3.63) is 48.0 Å². The Morgan fingerprint density at radius 3 is 2.86 bits per heavy atom. The van der Waals surface area contributed by atoms with Crippen LogP contribution < -0.4 is 5.32 Å². The van der Waals surface area contributed by atoms with E-state index in [0.29, 0.717) is 17.1 Å². The molecular weight excluding hydrogens is 262 g/mol. The molecule has 2 heterocycles. The highest BCUT2D eigenvalue weighted by Gasteiger charge is 2.10. The van der Waals surface area contributed by atoms with Crippen LogP contribution in [0.4, 0.5) is 5.82 Å². The SMILES string of the molecule is CCCNc1nc(-c2cc3ccccc3o2)ccc1C#N. The third-order valence-electron chi connectivity index (χ3n) is 3.24. The highest BCUT2D eigenvalue weighted by Crippen LogP contribution is 2.28. The summed E-state index contributed by atoms with van der Waals surface area (Å²) in [4.78, 5) is 4.52. The van der Waals surface area contributed by atoms with E-state index in [0.717, 1.165) is 29.6 Å². The number of hydrogen-bond donors (Lipinski definition) is 1. The number of anilines is 1. The number of nitrogens with zero attached hydrogens (tertiary/aromatic N) is 2. The molecule has 0 saturated carbocycles. The minimum Gasteiger partial charge on any atom is -0.454 e. The Morgan fingerprint density at radius 1 is 1.24 bits per heavy atom. The van der Waals surface area contributed by atoms with Crippen LogP contribution in [0.3, 0.4) is 0 Å². The van der Waals surface area contributed by atoms with E-state index in [1.54, 1.807) is 6.07 Å². The van der Waals surface area contributed by atoms with Crippen molar-refractivity contribution in [2.24, 2.45) is 0 Å². The van der Waals surface area contributed by atoms with Gasteiger partial charge in [-0.1, -0.05) is 25.1 Å². The first-order chi connectivity index (χ1) is 10.3. The second kappa shape index (κ2) is 5.68. The minimum absolute atomic E-state index is 0.545. The number of fused-ring (bicyclic) bond motifs is 1. The van der Waals surface area contributed by atoms with Crippen molar-refractivity contribution in [3.8, 4) is 17.5 Å². The number of aromatic nitrogens is 1. The third kappa shape index (κ3) is 2.59. The molecule has 3 aromatic rings. The molecule has 4 heteroatoms. The maximum atomic E-state index is 9.14. The average Bonchev–Trinajstić information content (AvgIpc) is 2.96. The first-order valence-corrected chi connectivity index (χ1v) is 6.96. The van der Waals surface area contributed by atoms with Crippen molar-refractivity contribution in [2.75, 3.05) is 11.9 Å². The van der Waals surface area contributed by atoms with Gasteiger partial charge in [0.1, 0.15) is 23.2 Å². The molecular formula is C17H15N3O. The molecule has 0 spiro atoms. The third-order valence-corrected chi connectivity index (χ3v) is 3.24. The largest absolute Gasteiger partial charge is 0.454 e. The fraction of sp³-hybridized carbons (Fsp3) is 0.176. The van der Waals surface area contributed by atoms with Crippen molar-refractivity contribution in [1.82, 2.24) is 4.98 Å². The van der Waals surface area contributed by atoms with Gasteiger partial charge in [-0.25, -0.2) is 4.98 Å². The van der Waals surface area contributed by atoms with Gasteiger partial charge in [0.15, 0.2) is 5.76 Å². The van der Waals surface area contributed by atoms with Gasteiger partial charge in [-0.15, -0.1) is 0 Å². The molecule has 0 aliphatic rings. The molecule has 0 aliphatic carbocycles. The van der Waals surface area contributed by atoms with Gasteiger partial charge in [0.05, 0.1) is 5.56 Å². The zero-order valence-electron chi connectivity index (χ0n) is 11.8. The number of pyridine rings is 1. The summed E-state index contributed by atoms with van der Waals surface area (Å²) in [7, 11) is 0. The fourth-order valence-corrected chi connectivity index (χ4v) is 2.17. The lowest BCUT2D eigenvalue weighted by molar-refractivity contribution is 0.629. The number of furan rings is 1. The number of nitrogens with one attached hydrogen (secondary N) is 1. The number of hydrogen-bond acceptors (Lipinski definition) is 4. The molecule has 1 aromatic carbocycles. The smallest absolute Gasteiger partial charge is 0.153 e. The second-order valence-corrected chi connectivity index (χ2v) is 4.78. The second-order valence-electron chi connectivity index (χ2n) is 4.78. The van der Waals surface area contributed by atoms with E-state index in [4.69, 9.17) is 9.68 Å². The van der Waals surface area contributed by atoms with Gasteiger partial charge < -0.3 is 9.73 Å². The molecule has 3 rings (SSSR count). The first-order valence-electron chi connectivity index (χ1n) is 6.96. The quantitative estimate of drug-likeness (QED) is 0.776. The van der Waals surface area contributed by atoms with Crippen LogP contribution in [0.15, 0.2) is 46.9 Å². The average molecular weight is 277 g/mol. The molecule has 0 radical (unpaired) electrons. The normalized spacial score (nSPS) is 10.5. The van der Waals surface area contributed by atoms with Crippen molar-refractivity contribution >= 4 is 16.8 Å². The van der Waals surface area contributed by atoms with Crippen LogP contribution in [-0.2, 0) is 0 Å². The molecule has 0 atom stereocenters. The molecule has 2 aromatic heterocycles. The number of benzene rings is 1. The van der Waals surface area contributed by atoms with Crippen molar-refractivity contribution in [1.29, 1.82) is 5.26 Å². The summed E-state index contributed by atoms with van der Waals surface area (Å²) in [6.07, 6.45) is 0.974. The summed E-state index contributed by atoms with van der Waals surface area (Å²) in [5, 5.41) is 13.4. The summed E-state index contributed by atoms with van der Waals surface area (Å²) in [6.45, 7) is 2.85. The lowest BCUT2D eigenvalue weighted by atomic mass is 10.2. The summed E-state index contributed by atoms with van der Waals surface area (Å²) >= 11 is 0. The molecule has 0 saturated heterocycles. The number of para-hydroxylation sites is 1. The highest BCUT2D eigenvalue weighted by molar-refractivity contribution is 5.82. The maximum absolute atomic E-state index is 9.14. The van der Waals surface area contributed by atoms with Crippen LogP contribution in [0, 0.1) is 11.3 Å². The van der Waals surface area contributed by atoms with E-state index in [-0.39, 0.29) is 0 Å². The predicted octanol–water partition coefficient (Wildman–Crippen LogP) is 4.19. The fourth-order valence-electron chi connectivity index (χ4n) is 2.17. The molecule has 0 unspecified atom stereocenters. The standard InChI is InChI=1S/C17H15N3O/c1-2-9-19-17-13(11-18)7-8-14(20-17)16-10-12-5-3-4-6-15(12)21-16/h3-8,10H,2,9H2,1H3,(H,19,20). The number of nitriles is 1. The van der Waals surface area contributed by atoms with Gasteiger partial charge in [0.2, 0.25) is 0 Å². The first kappa shape index (κ1) is 13.2. The number of rotatable bonds is 4. The summed E-state index contributed by atoms with van der Waals surface area (Å²) in [6, 6.07) is 15.6. The van der Waals surface area contributed by atoms with E-state index >= 15 is 0 Å². The van der Waals surface area contributed by atoms with Gasteiger partial charge in [-0.05, 0) is 30.7 Å². The Kier molecular flexibility index (Phi) is 3.57. The minimum atomic E-state index is 0.545. The van der Waals surface area contributed by atoms with Gasteiger partial charge >= 0.3 is 0 Å². The lowest BCUT2D eigenvalue weighted by Crippen LogP contribution is -2.04.